The van der Waals surface area contributed by atoms with E-state index in [9.17, 15) is 4.79 Å². The molecule has 3 nitrogen and oxygen atoms in total. The topological polar surface area (TPSA) is 40.5 Å². The van der Waals surface area contributed by atoms with Gasteiger partial charge in [0.25, 0.3) is 0 Å². The van der Waals surface area contributed by atoms with Gasteiger partial charge in [0, 0.05) is 24.7 Å². The molecule has 4 heteroatoms. The summed E-state index contributed by atoms with van der Waals surface area (Å²) in [4.78, 5) is 13.3. The zero-order chi connectivity index (χ0) is 13.1. The van der Waals surface area contributed by atoms with Gasteiger partial charge in [-0.15, -0.1) is 0 Å². The summed E-state index contributed by atoms with van der Waals surface area (Å²) in [7, 11) is 0. The normalized spacial score (nSPS) is 25.0. The van der Waals surface area contributed by atoms with E-state index in [-0.39, 0.29) is 5.92 Å². The van der Waals surface area contributed by atoms with E-state index in [2.05, 4.69) is 11.8 Å². The monoisotopic (exact) mass is 267 g/mol. The predicted molar refractivity (Wildman–Crippen MR) is 71.6 cm³/mol. The molecule has 18 heavy (non-hydrogen) atoms. The van der Waals surface area contributed by atoms with Crippen molar-refractivity contribution in [3.63, 3.8) is 0 Å². The molecular weight excluding hydrogens is 250 g/mol. The van der Waals surface area contributed by atoms with Gasteiger partial charge in [-0.3, -0.25) is 9.69 Å². The summed E-state index contributed by atoms with van der Waals surface area (Å²) in [5.41, 5.74) is 1.18. The second-order valence-electron chi connectivity index (χ2n) is 5.20. The van der Waals surface area contributed by atoms with Gasteiger partial charge in [0.05, 0.1) is 5.92 Å². The highest BCUT2D eigenvalue weighted by Gasteiger charge is 2.29. The van der Waals surface area contributed by atoms with Gasteiger partial charge in [0.15, 0.2) is 0 Å². The Hall–Kier alpha value is -1.06. The van der Waals surface area contributed by atoms with E-state index in [0.29, 0.717) is 12.5 Å². The maximum atomic E-state index is 11.1. The molecule has 1 aliphatic rings. The first-order valence-corrected chi connectivity index (χ1v) is 6.62. The van der Waals surface area contributed by atoms with Gasteiger partial charge < -0.3 is 5.11 Å². The molecule has 1 fully saturated rings. The summed E-state index contributed by atoms with van der Waals surface area (Å²) in [5.74, 6) is -0.476. The number of piperidine rings is 1. The fraction of sp³-hybridized carbons (Fsp3) is 0.500. The molecule has 1 N–H and O–H groups in total. The molecule has 0 spiro atoms. The molecule has 1 saturated heterocycles. The van der Waals surface area contributed by atoms with Crippen LogP contribution in [0.25, 0.3) is 0 Å². The van der Waals surface area contributed by atoms with Gasteiger partial charge in [-0.2, -0.15) is 0 Å². The van der Waals surface area contributed by atoms with Gasteiger partial charge >= 0.3 is 5.97 Å². The molecule has 2 unspecified atom stereocenters. The quantitative estimate of drug-likeness (QED) is 0.916. The number of hydrogen-bond donors (Lipinski definition) is 1. The molecule has 0 bridgehead atoms. The maximum absolute atomic E-state index is 11.1. The number of aliphatic carboxylic acids is 1. The molecule has 0 radical (unpaired) electrons. The Morgan fingerprint density at radius 2 is 2.06 bits per heavy atom. The molecule has 0 saturated carbocycles. The Morgan fingerprint density at radius 1 is 1.39 bits per heavy atom. The number of carboxylic acid groups (broad SMARTS) is 1. The van der Waals surface area contributed by atoms with Crippen molar-refractivity contribution in [2.24, 2.45) is 11.8 Å². The Kier molecular flexibility index (Phi) is 4.25. The first-order chi connectivity index (χ1) is 8.54. The number of benzene rings is 1. The van der Waals surface area contributed by atoms with Crippen molar-refractivity contribution in [3.05, 3.63) is 34.9 Å². The predicted octanol–water partition coefficient (Wildman–Crippen LogP) is 2.88. The minimum absolute atomic E-state index is 0.235. The molecule has 0 amide bonds. The van der Waals surface area contributed by atoms with Gasteiger partial charge in [-0.1, -0.05) is 30.7 Å². The molecule has 0 aliphatic carbocycles. The third-order valence-electron chi connectivity index (χ3n) is 3.40. The van der Waals surface area contributed by atoms with E-state index >= 15 is 0 Å². The Morgan fingerprint density at radius 3 is 2.67 bits per heavy atom. The average molecular weight is 268 g/mol. The zero-order valence-electron chi connectivity index (χ0n) is 10.5. The van der Waals surface area contributed by atoms with Crippen molar-refractivity contribution >= 4 is 17.6 Å². The molecule has 2 atom stereocenters. The summed E-state index contributed by atoms with van der Waals surface area (Å²) in [6.07, 6.45) is 0.784. The van der Waals surface area contributed by atoms with E-state index in [1.54, 1.807) is 0 Å². The number of nitrogens with zero attached hydrogens (tertiary/aromatic N) is 1. The third kappa shape index (κ3) is 3.47. The van der Waals surface area contributed by atoms with Crippen LogP contribution in [0.15, 0.2) is 24.3 Å². The van der Waals surface area contributed by atoms with E-state index in [0.717, 1.165) is 24.5 Å². The van der Waals surface area contributed by atoms with Crippen LogP contribution in [0.5, 0.6) is 0 Å². The molecule has 1 heterocycles. The molecule has 1 aromatic rings. The van der Waals surface area contributed by atoms with Crippen molar-refractivity contribution in [2.75, 3.05) is 13.1 Å². The van der Waals surface area contributed by atoms with Crippen LogP contribution in [0.3, 0.4) is 0 Å². The third-order valence-corrected chi connectivity index (χ3v) is 3.66. The summed E-state index contributed by atoms with van der Waals surface area (Å²) in [5, 5.41) is 9.86. The van der Waals surface area contributed by atoms with Crippen LogP contribution >= 0.6 is 11.6 Å². The van der Waals surface area contributed by atoms with Crippen molar-refractivity contribution < 1.29 is 9.90 Å². The lowest BCUT2D eigenvalue weighted by Gasteiger charge is -2.34. The average Bonchev–Trinajstić information content (AvgIpc) is 2.31. The summed E-state index contributed by atoms with van der Waals surface area (Å²) >= 11 is 5.85. The van der Waals surface area contributed by atoms with Gasteiger partial charge in [0.2, 0.25) is 0 Å². The molecular formula is C14H18ClNO2. The summed E-state index contributed by atoms with van der Waals surface area (Å²) < 4.78 is 0. The second kappa shape index (κ2) is 5.72. The smallest absolute Gasteiger partial charge is 0.307 e. The molecule has 98 valence electrons. The fourth-order valence-corrected chi connectivity index (χ4v) is 2.74. The highest BCUT2D eigenvalue weighted by atomic mass is 35.5. The minimum atomic E-state index is -0.678. The lowest BCUT2D eigenvalue weighted by molar-refractivity contribution is -0.144. The van der Waals surface area contributed by atoms with Crippen LogP contribution in [-0.2, 0) is 11.3 Å². The Bertz CT molecular complexity index is 418. The maximum Gasteiger partial charge on any atom is 0.307 e. The van der Waals surface area contributed by atoms with Gasteiger partial charge in [-0.05, 0) is 30.0 Å². The summed E-state index contributed by atoms with van der Waals surface area (Å²) in [6, 6.07) is 7.74. The van der Waals surface area contributed by atoms with E-state index < -0.39 is 5.97 Å². The first-order valence-electron chi connectivity index (χ1n) is 6.24. The van der Waals surface area contributed by atoms with E-state index in [1.807, 2.05) is 24.3 Å². The van der Waals surface area contributed by atoms with Crippen LogP contribution in [0, 0.1) is 11.8 Å². The van der Waals surface area contributed by atoms with Crippen LogP contribution in [-0.4, -0.2) is 29.1 Å². The SMILES string of the molecule is CC1CC(C(=O)O)CN(Cc2ccc(Cl)cc2)C1. The highest BCUT2D eigenvalue weighted by molar-refractivity contribution is 6.30. The van der Waals surface area contributed by atoms with Crippen LogP contribution in [0.1, 0.15) is 18.9 Å². The van der Waals surface area contributed by atoms with Crippen molar-refractivity contribution in [3.8, 4) is 0 Å². The number of likely N-dealkylation sites (tertiary alicyclic amines) is 1. The van der Waals surface area contributed by atoms with Crippen LogP contribution in [0.4, 0.5) is 0 Å². The highest BCUT2D eigenvalue weighted by Crippen LogP contribution is 2.23. The Balaban J connectivity index is 2.00. The number of hydrogen-bond acceptors (Lipinski definition) is 2. The van der Waals surface area contributed by atoms with E-state index in [1.165, 1.54) is 5.56 Å². The standard InChI is InChI=1S/C14H18ClNO2/c1-10-6-12(14(17)18)9-16(7-10)8-11-2-4-13(15)5-3-11/h2-5,10,12H,6-9H2,1H3,(H,17,18). The van der Waals surface area contributed by atoms with E-state index in [4.69, 9.17) is 16.7 Å². The molecule has 2 rings (SSSR count). The Labute approximate surface area is 112 Å². The number of carboxylic acids is 1. The number of rotatable bonds is 3. The number of carbonyl (C=O) groups is 1. The largest absolute Gasteiger partial charge is 0.481 e. The minimum Gasteiger partial charge on any atom is -0.481 e. The molecule has 1 aromatic carbocycles. The second-order valence-corrected chi connectivity index (χ2v) is 5.63. The first kappa shape index (κ1) is 13.4. The lowest BCUT2D eigenvalue weighted by atomic mass is 9.90. The van der Waals surface area contributed by atoms with Crippen LogP contribution in [0.2, 0.25) is 5.02 Å². The zero-order valence-corrected chi connectivity index (χ0v) is 11.2. The van der Waals surface area contributed by atoms with Crippen molar-refractivity contribution in [2.45, 2.75) is 19.9 Å². The van der Waals surface area contributed by atoms with Gasteiger partial charge in [0.1, 0.15) is 0 Å². The van der Waals surface area contributed by atoms with Gasteiger partial charge in [-0.25, -0.2) is 0 Å². The molecule has 1 aliphatic heterocycles. The number of halogens is 1. The van der Waals surface area contributed by atoms with Crippen molar-refractivity contribution in [1.82, 2.24) is 4.90 Å². The molecule has 0 aromatic heterocycles. The lowest BCUT2D eigenvalue weighted by Crippen LogP contribution is -2.41. The van der Waals surface area contributed by atoms with Crippen LogP contribution < -0.4 is 0 Å². The van der Waals surface area contributed by atoms with Crippen molar-refractivity contribution in [1.29, 1.82) is 0 Å². The summed E-state index contributed by atoms with van der Waals surface area (Å²) in [6.45, 7) is 4.52. The fourth-order valence-electron chi connectivity index (χ4n) is 2.62.